The first-order valence-electron chi connectivity index (χ1n) is 8.45. The molecule has 0 aromatic heterocycles. The average Bonchev–Trinajstić information content (AvgIpc) is 2.95. The van der Waals surface area contributed by atoms with E-state index in [0.29, 0.717) is 19.6 Å². The molecular weight excluding hydrogens is 338 g/mol. The summed E-state index contributed by atoms with van der Waals surface area (Å²) in [6.07, 6.45) is 0.778. The molecule has 1 amide bonds. The number of amides is 1. The number of carbonyl (C=O) groups is 1. The van der Waals surface area contributed by atoms with Gasteiger partial charge >= 0.3 is 0 Å². The molecule has 1 fully saturated rings. The number of hydrogen-bond donors (Lipinski definition) is 0. The summed E-state index contributed by atoms with van der Waals surface area (Å²) in [6, 6.07) is 13.8. The van der Waals surface area contributed by atoms with E-state index in [0.717, 1.165) is 16.3 Å². The molecule has 0 bridgehead atoms. The van der Waals surface area contributed by atoms with Gasteiger partial charge in [-0.05, 0) is 22.8 Å². The van der Waals surface area contributed by atoms with E-state index in [2.05, 4.69) is 0 Å². The van der Waals surface area contributed by atoms with Gasteiger partial charge in [0.25, 0.3) is 0 Å². The first-order chi connectivity index (χ1) is 12.0. The van der Waals surface area contributed by atoms with Gasteiger partial charge in [-0.2, -0.15) is 0 Å². The van der Waals surface area contributed by atoms with Crippen molar-refractivity contribution in [1.29, 1.82) is 0 Å². The van der Waals surface area contributed by atoms with Crippen LogP contribution in [0.2, 0.25) is 0 Å². The summed E-state index contributed by atoms with van der Waals surface area (Å²) in [4.78, 5) is 14.5. The Bertz CT molecular complexity index is 863. The molecule has 6 heteroatoms. The number of fused-ring (bicyclic) bond motifs is 1. The molecule has 1 atom stereocenters. The van der Waals surface area contributed by atoms with Crippen LogP contribution in [0.5, 0.6) is 0 Å². The summed E-state index contributed by atoms with van der Waals surface area (Å²) in [5.41, 5.74) is 0.937. The van der Waals surface area contributed by atoms with Gasteiger partial charge in [-0.15, -0.1) is 0 Å². The van der Waals surface area contributed by atoms with Gasteiger partial charge in [-0.3, -0.25) is 4.79 Å². The monoisotopic (exact) mass is 361 g/mol. The third-order valence-corrected chi connectivity index (χ3v) is 6.43. The highest BCUT2D eigenvalue weighted by atomic mass is 32.2. The van der Waals surface area contributed by atoms with Crippen molar-refractivity contribution >= 4 is 26.5 Å². The van der Waals surface area contributed by atoms with Crippen molar-refractivity contribution in [3.63, 3.8) is 0 Å². The second-order valence-electron chi connectivity index (χ2n) is 6.50. The van der Waals surface area contributed by atoms with Crippen LogP contribution in [-0.2, 0) is 25.8 Å². The van der Waals surface area contributed by atoms with Gasteiger partial charge in [0.2, 0.25) is 5.91 Å². The van der Waals surface area contributed by atoms with Crippen LogP contribution in [0.4, 0.5) is 0 Å². The fraction of sp³-hybridized carbons (Fsp3) is 0.421. The number of hydrogen-bond acceptors (Lipinski definition) is 4. The number of sulfone groups is 1. The van der Waals surface area contributed by atoms with Gasteiger partial charge in [-0.25, -0.2) is 8.42 Å². The lowest BCUT2D eigenvalue weighted by atomic mass is 10.0. The van der Waals surface area contributed by atoms with Crippen molar-refractivity contribution in [2.45, 2.75) is 18.9 Å². The first kappa shape index (κ1) is 17.9. The van der Waals surface area contributed by atoms with Crippen LogP contribution in [0.1, 0.15) is 12.0 Å². The zero-order valence-electron chi connectivity index (χ0n) is 14.3. The summed E-state index contributed by atoms with van der Waals surface area (Å²) >= 11 is 0. The van der Waals surface area contributed by atoms with E-state index >= 15 is 0 Å². The Morgan fingerprint density at radius 1 is 1.20 bits per heavy atom. The topological polar surface area (TPSA) is 63.7 Å². The minimum Gasteiger partial charge on any atom is -0.383 e. The van der Waals surface area contributed by atoms with Crippen LogP contribution in [-0.4, -0.2) is 57.0 Å². The number of benzene rings is 2. The number of ether oxygens (including phenoxy) is 1. The van der Waals surface area contributed by atoms with Gasteiger partial charge in [-0.1, -0.05) is 42.5 Å². The Labute approximate surface area is 148 Å². The Morgan fingerprint density at radius 2 is 1.96 bits per heavy atom. The maximum Gasteiger partial charge on any atom is 0.227 e. The number of rotatable bonds is 6. The fourth-order valence-electron chi connectivity index (χ4n) is 3.35. The lowest BCUT2D eigenvalue weighted by Gasteiger charge is -2.28. The van der Waals surface area contributed by atoms with E-state index in [1.54, 1.807) is 12.0 Å². The predicted octanol–water partition coefficient (Wildman–Crippen LogP) is 2.04. The van der Waals surface area contributed by atoms with E-state index in [1.165, 1.54) is 0 Å². The SMILES string of the molecule is COCCN(C(=O)Cc1ccc2ccccc2c1)C1CCS(=O)(=O)C1. The standard InChI is InChI=1S/C19H23NO4S/c1-24-10-9-20(18-8-11-25(22,23)14-18)19(21)13-15-6-7-16-4-2-3-5-17(16)12-15/h2-7,12,18H,8-11,13-14H2,1H3. The largest absolute Gasteiger partial charge is 0.383 e. The van der Waals surface area contributed by atoms with Crippen molar-refractivity contribution in [2.24, 2.45) is 0 Å². The van der Waals surface area contributed by atoms with Gasteiger partial charge in [0, 0.05) is 19.7 Å². The summed E-state index contributed by atoms with van der Waals surface area (Å²) in [6.45, 7) is 0.823. The van der Waals surface area contributed by atoms with Crippen LogP contribution >= 0.6 is 0 Å². The maximum absolute atomic E-state index is 12.8. The average molecular weight is 361 g/mol. The minimum absolute atomic E-state index is 0.0468. The number of carbonyl (C=O) groups excluding carboxylic acids is 1. The first-order valence-corrected chi connectivity index (χ1v) is 10.3. The van der Waals surface area contributed by atoms with Crippen LogP contribution < -0.4 is 0 Å². The van der Waals surface area contributed by atoms with E-state index < -0.39 is 9.84 Å². The molecule has 5 nitrogen and oxygen atoms in total. The Kier molecular flexibility index (Phi) is 5.39. The van der Waals surface area contributed by atoms with Gasteiger partial charge in [0.1, 0.15) is 0 Å². The molecule has 2 aromatic rings. The summed E-state index contributed by atoms with van der Waals surface area (Å²) in [5, 5.41) is 2.23. The smallest absolute Gasteiger partial charge is 0.227 e. The molecule has 1 heterocycles. The maximum atomic E-state index is 12.8. The number of methoxy groups -OCH3 is 1. The van der Waals surface area contributed by atoms with E-state index in [4.69, 9.17) is 4.74 Å². The second kappa shape index (κ2) is 7.54. The van der Waals surface area contributed by atoms with Gasteiger partial charge in [0.15, 0.2) is 9.84 Å². The van der Waals surface area contributed by atoms with Gasteiger partial charge < -0.3 is 9.64 Å². The Balaban J connectivity index is 1.76. The lowest BCUT2D eigenvalue weighted by Crippen LogP contribution is -2.43. The highest BCUT2D eigenvalue weighted by molar-refractivity contribution is 7.91. The van der Waals surface area contributed by atoms with Crippen LogP contribution in [0.15, 0.2) is 42.5 Å². The normalized spacial score (nSPS) is 19.2. The number of nitrogens with zero attached hydrogens (tertiary/aromatic N) is 1. The Hall–Kier alpha value is -1.92. The quantitative estimate of drug-likeness (QED) is 0.790. The lowest BCUT2D eigenvalue weighted by molar-refractivity contribution is -0.133. The molecule has 0 saturated carbocycles. The fourth-order valence-corrected chi connectivity index (χ4v) is 5.08. The summed E-state index contributed by atoms with van der Waals surface area (Å²) in [5.74, 6) is 0.166. The molecule has 0 radical (unpaired) electrons. The molecule has 1 aliphatic rings. The predicted molar refractivity (Wildman–Crippen MR) is 98.3 cm³/mol. The molecule has 0 N–H and O–H groups in total. The highest BCUT2D eigenvalue weighted by Crippen LogP contribution is 2.20. The van der Waals surface area contributed by atoms with E-state index in [-0.39, 0.29) is 29.9 Å². The molecule has 0 aliphatic carbocycles. The van der Waals surface area contributed by atoms with Crippen molar-refractivity contribution in [1.82, 2.24) is 4.90 Å². The zero-order valence-corrected chi connectivity index (χ0v) is 15.2. The highest BCUT2D eigenvalue weighted by Gasteiger charge is 2.34. The molecule has 1 aliphatic heterocycles. The van der Waals surface area contributed by atoms with Crippen LogP contribution in [0.3, 0.4) is 0 Å². The van der Waals surface area contributed by atoms with E-state index in [9.17, 15) is 13.2 Å². The third-order valence-electron chi connectivity index (χ3n) is 4.68. The molecule has 2 aromatic carbocycles. The van der Waals surface area contributed by atoms with Crippen molar-refractivity contribution in [2.75, 3.05) is 31.8 Å². The summed E-state index contributed by atoms with van der Waals surface area (Å²) < 4.78 is 28.7. The van der Waals surface area contributed by atoms with Crippen molar-refractivity contribution in [3.05, 3.63) is 48.0 Å². The molecule has 3 rings (SSSR count). The molecular formula is C19H23NO4S. The van der Waals surface area contributed by atoms with Crippen LogP contribution in [0, 0.1) is 0 Å². The van der Waals surface area contributed by atoms with Gasteiger partial charge in [0.05, 0.1) is 24.5 Å². The third kappa shape index (κ3) is 4.38. The zero-order chi connectivity index (χ0) is 17.9. The molecule has 1 saturated heterocycles. The minimum atomic E-state index is -3.04. The Morgan fingerprint density at radius 3 is 2.64 bits per heavy atom. The van der Waals surface area contributed by atoms with Crippen molar-refractivity contribution < 1.29 is 17.9 Å². The summed E-state index contributed by atoms with van der Waals surface area (Å²) in [7, 11) is -1.45. The second-order valence-corrected chi connectivity index (χ2v) is 8.72. The molecule has 0 spiro atoms. The molecule has 1 unspecified atom stereocenters. The van der Waals surface area contributed by atoms with Crippen LogP contribution in [0.25, 0.3) is 10.8 Å². The molecule has 25 heavy (non-hydrogen) atoms. The van der Waals surface area contributed by atoms with E-state index in [1.807, 2.05) is 42.5 Å². The molecule has 134 valence electrons. The van der Waals surface area contributed by atoms with Crippen molar-refractivity contribution in [3.8, 4) is 0 Å².